The number of nitrogens with zero attached hydrogens (tertiary/aromatic N) is 2. The first kappa shape index (κ1) is 19.7. The molecule has 3 heterocycles. The Morgan fingerprint density at radius 2 is 1.87 bits per heavy atom. The minimum Gasteiger partial charge on any atom is -0.503 e. The summed E-state index contributed by atoms with van der Waals surface area (Å²) in [6.07, 6.45) is 3.99. The number of hydrogen-bond acceptors (Lipinski definition) is 4. The molecule has 2 N–H and O–H groups in total. The van der Waals surface area contributed by atoms with E-state index in [0.717, 1.165) is 19.3 Å². The fourth-order valence-electron chi connectivity index (χ4n) is 5.15. The molecule has 1 saturated carbocycles. The molecule has 3 aliphatic rings. The number of pyridine rings is 1. The van der Waals surface area contributed by atoms with Crippen LogP contribution in [-0.2, 0) is 13.1 Å². The first-order valence-electron chi connectivity index (χ1n) is 9.97. The normalized spacial score (nSPS) is 23.6. The lowest BCUT2D eigenvalue weighted by Crippen LogP contribution is -2.52. The van der Waals surface area contributed by atoms with E-state index in [-0.39, 0.29) is 17.8 Å². The maximum atomic E-state index is 13.8. The summed E-state index contributed by atoms with van der Waals surface area (Å²) in [6.45, 7) is -0.282. The molecule has 2 aliphatic heterocycles. The molecular formula is C21H18F3N3O4. The molecule has 7 nitrogen and oxygen atoms in total. The van der Waals surface area contributed by atoms with Gasteiger partial charge in [-0.1, -0.05) is 0 Å². The number of rotatable bonds is 3. The predicted octanol–water partition coefficient (Wildman–Crippen LogP) is 1.91. The van der Waals surface area contributed by atoms with Gasteiger partial charge in [0, 0.05) is 43.0 Å². The minimum absolute atomic E-state index is 0.0565. The van der Waals surface area contributed by atoms with Crippen molar-refractivity contribution < 1.29 is 27.9 Å². The lowest BCUT2D eigenvalue weighted by atomic mass is 9.95. The lowest BCUT2D eigenvalue weighted by molar-refractivity contribution is 0.0482. The number of aromatic hydroxyl groups is 1. The van der Waals surface area contributed by atoms with E-state index in [9.17, 15) is 32.7 Å². The topological polar surface area (TPSA) is 91.6 Å². The van der Waals surface area contributed by atoms with E-state index < -0.39 is 58.1 Å². The second-order valence-electron chi connectivity index (χ2n) is 8.26. The van der Waals surface area contributed by atoms with Gasteiger partial charge in [-0.3, -0.25) is 14.4 Å². The van der Waals surface area contributed by atoms with Gasteiger partial charge in [0.1, 0.15) is 23.0 Å². The third-order valence-corrected chi connectivity index (χ3v) is 6.59. The number of piperidine rings is 1. The van der Waals surface area contributed by atoms with Crippen molar-refractivity contribution >= 4 is 11.8 Å². The molecule has 2 amide bonds. The van der Waals surface area contributed by atoms with Crippen molar-refractivity contribution in [2.75, 3.05) is 0 Å². The van der Waals surface area contributed by atoms with Crippen LogP contribution in [0.4, 0.5) is 13.2 Å². The Hall–Kier alpha value is -3.30. The highest BCUT2D eigenvalue weighted by Crippen LogP contribution is 2.45. The molecule has 0 radical (unpaired) electrons. The molecule has 10 heteroatoms. The van der Waals surface area contributed by atoms with Crippen molar-refractivity contribution in [2.24, 2.45) is 5.92 Å². The molecule has 1 aromatic heterocycles. The molecule has 162 valence electrons. The monoisotopic (exact) mass is 433 g/mol. The molecule has 31 heavy (non-hydrogen) atoms. The zero-order valence-corrected chi connectivity index (χ0v) is 16.2. The SMILES string of the molecule is O=C(NCc1c(F)cc(F)cc1F)c1cn2c(c(O)c1=O)C(=O)N1C(C2)C2CC[C@H]1C2. The van der Waals surface area contributed by atoms with Crippen molar-refractivity contribution in [1.82, 2.24) is 14.8 Å². The van der Waals surface area contributed by atoms with Crippen LogP contribution in [0.2, 0.25) is 0 Å². The first-order valence-corrected chi connectivity index (χ1v) is 9.97. The van der Waals surface area contributed by atoms with E-state index in [1.54, 1.807) is 4.90 Å². The van der Waals surface area contributed by atoms with Crippen molar-refractivity contribution in [1.29, 1.82) is 0 Å². The number of halogens is 3. The summed E-state index contributed by atoms with van der Waals surface area (Å²) in [7, 11) is 0. The number of hydrogen-bond donors (Lipinski definition) is 2. The van der Waals surface area contributed by atoms with Gasteiger partial charge < -0.3 is 19.9 Å². The van der Waals surface area contributed by atoms with Crippen LogP contribution < -0.4 is 10.7 Å². The molecule has 1 aliphatic carbocycles. The van der Waals surface area contributed by atoms with E-state index in [0.29, 0.717) is 24.6 Å². The molecule has 2 bridgehead atoms. The zero-order chi connectivity index (χ0) is 22.0. The maximum Gasteiger partial charge on any atom is 0.275 e. The molecule has 1 saturated heterocycles. The second kappa shape index (κ2) is 6.86. The quantitative estimate of drug-likeness (QED) is 0.774. The molecule has 2 fully saturated rings. The van der Waals surface area contributed by atoms with Gasteiger partial charge in [0.15, 0.2) is 11.4 Å². The van der Waals surface area contributed by atoms with Gasteiger partial charge in [-0.25, -0.2) is 13.2 Å². The van der Waals surface area contributed by atoms with E-state index in [1.165, 1.54) is 10.8 Å². The minimum atomic E-state index is -1.18. The summed E-state index contributed by atoms with van der Waals surface area (Å²) < 4.78 is 42.0. The standard InChI is InChI=1S/C21H18F3N3O4/c22-10-4-14(23)12(15(24)5-10)6-25-20(30)13-7-26-8-16-9-1-2-11(3-9)27(16)21(31)17(26)19(29)18(13)28/h4-5,7,9,11,16,29H,1-3,6,8H2,(H,25,30)/t9?,11-,16?/m0/s1. The van der Waals surface area contributed by atoms with Gasteiger partial charge in [-0.15, -0.1) is 0 Å². The fourth-order valence-corrected chi connectivity index (χ4v) is 5.15. The Kier molecular flexibility index (Phi) is 4.35. The number of benzene rings is 1. The van der Waals surface area contributed by atoms with Crippen LogP contribution in [0.1, 0.15) is 45.7 Å². The smallest absolute Gasteiger partial charge is 0.275 e. The second-order valence-corrected chi connectivity index (χ2v) is 8.26. The van der Waals surface area contributed by atoms with Crippen LogP contribution in [-0.4, -0.2) is 38.5 Å². The van der Waals surface area contributed by atoms with Crippen LogP contribution in [0.5, 0.6) is 5.75 Å². The van der Waals surface area contributed by atoms with Crippen LogP contribution in [0.3, 0.4) is 0 Å². The van der Waals surface area contributed by atoms with Crippen molar-refractivity contribution in [3.05, 3.63) is 62.8 Å². The van der Waals surface area contributed by atoms with Gasteiger partial charge in [-0.2, -0.15) is 0 Å². The van der Waals surface area contributed by atoms with Gasteiger partial charge in [-0.05, 0) is 25.2 Å². The summed E-state index contributed by atoms with van der Waals surface area (Å²) >= 11 is 0. The van der Waals surface area contributed by atoms with Crippen molar-refractivity contribution in [3.8, 4) is 5.75 Å². The third kappa shape index (κ3) is 2.92. The Morgan fingerprint density at radius 3 is 2.58 bits per heavy atom. The Morgan fingerprint density at radius 1 is 1.16 bits per heavy atom. The van der Waals surface area contributed by atoms with E-state index in [4.69, 9.17) is 0 Å². The maximum absolute atomic E-state index is 13.8. The average molecular weight is 433 g/mol. The molecule has 2 unspecified atom stereocenters. The van der Waals surface area contributed by atoms with Crippen LogP contribution in [0.15, 0.2) is 23.1 Å². The molecule has 0 spiro atoms. The van der Waals surface area contributed by atoms with Crippen LogP contribution >= 0.6 is 0 Å². The van der Waals surface area contributed by atoms with E-state index in [2.05, 4.69) is 5.32 Å². The highest BCUT2D eigenvalue weighted by molar-refractivity contribution is 5.99. The first-order chi connectivity index (χ1) is 14.8. The summed E-state index contributed by atoms with van der Waals surface area (Å²) in [5.41, 5.74) is -2.21. The molecule has 5 rings (SSSR count). The summed E-state index contributed by atoms with van der Waals surface area (Å²) in [5.74, 6) is -5.33. The van der Waals surface area contributed by atoms with Gasteiger partial charge in [0.25, 0.3) is 11.8 Å². The Labute approximate surface area is 174 Å². The van der Waals surface area contributed by atoms with E-state index in [1.807, 2.05) is 0 Å². The number of carbonyl (C=O) groups excluding carboxylic acids is 2. The summed E-state index contributed by atoms with van der Waals surface area (Å²) in [6, 6.07) is 1.02. The third-order valence-electron chi connectivity index (χ3n) is 6.59. The number of fused-ring (bicyclic) bond motifs is 6. The predicted molar refractivity (Wildman–Crippen MR) is 101 cm³/mol. The van der Waals surface area contributed by atoms with Crippen LogP contribution in [0.25, 0.3) is 0 Å². The van der Waals surface area contributed by atoms with E-state index >= 15 is 0 Å². The van der Waals surface area contributed by atoms with Gasteiger partial charge in [0.05, 0.1) is 6.04 Å². The average Bonchev–Trinajstić information content (AvgIpc) is 3.31. The number of amides is 2. The number of aromatic nitrogens is 1. The Balaban J connectivity index is 1.44. The summed E-state index contributed by atoms with van der Waals surface area (Å²) in [4.78, 5) is 39.8. The lowest BCUT2D eigenvalue weighted by Gasteiger charge is -2.40. The Bertz CT molecular complexity index is 1170. The highest BCUT2D eigenvalue weighted by atomic mass is 19.1. The molecule has 2 aromatic rings. The largest absolute Gasteiger partial charge is 0.503 e. The van der Waals surface area contributed by atoms with Crippen LogP contribution in [0, 0.1) is 23.4 Å². The zero-order valence-electron chi connectivity index (χ0n) is 16.2. The summed E-state index contributed by atoms with van der Waals surface area (Å²) in [5, 5.41) is 12.6. The number of carbonyl (C=O) groups is 2. The van der Waals surface area contributed by atoms with Gasteiger partial charge in [0.2, 0.25) is 5.43 Å². The van der Waals surface area contributed by atoms with Crippen molar-refractivity contribution in [3.63, 3.8) is 0 Å². The van der Waals surface area contributed by atoms with Gasteiger partial charge >= 0.3 is 0 Å². The molecule has 1 aromatic carbocycles. The number of nitrogens with one attached hydrogen (secondary N) is 1. The fraction of sp³-hybridized carbons (Fsp3) is 0.381. The van der Waals surface area contributed by atoms with Crippen molar-refractivity contribution in [2.45, 2.75) is 44.4 Å². The molecular weight excluding hydrogens is 415 g/mol. The molecule has 3 atom stereocenters. The highest BCUT2D eigenvalue weighted by Gasteiger charge is 2.51.